The van der Waals surface area contributed by atoms with Crippen LogP contribution in [0.15, 0.2) is 47.3 Å². The summed E-state index contributed by atoms with van der Waals surface area (Å²) in [7, 11) is 0. The molecule has 23 heavy (non-hydrogen) atoms. The summed E-state index contributed by atoms with van der Waals surface area (Å²) < 4.78 is 1.57. The predicted molar refractivity (Wildman–Crippen MR) is 94.3 cm³/mol. The Balaban J connectivity index is 2.42. The van der Waals surface area contributed by atoms with E-state index in [9.17, 15) is 4.79 Å². The smallest absolute Gasteiger partial charge is 0.267 e. The molecule has 0 aliphatic heterocycles. The van der Waals surface area contributed by atoms with Crippen molar-refractivity contribution in [3.63, 3.8) is 0 Å². The fourth-order valence-corrected chi connectivity index (χ4v) is 2.93. The Labute approximate surface area is 139 Å². The topological polar surface area (TPSA) is 60.9 Å². The maximum Gasteiger partial charge on any atom is 0.267 e. The Morgan fingerprint density at radius 2 is 2.00 bits per heavy atom. The van der Waals surface area contributed by atoms with Crippen LogP contribution in [0.25, 0.3) is 16.6 Å². The zero-order chi connectivity index (χ0) is 16.6. The van der Waals surface area contributed by atoms with E-state index in [0.29, 0.717) is 21.7 Å². The van der Waals surface area contributed by atoms with Crippen LogP contribution in [0, 0.1) is 0 Å². The maximum atomic E-state index is 13.1. The lowest BCUT2D eigenvalue weighted by Gasteiger charge is -2.17. The molecule has 5 heteroatoms. The van der Waals surface area contributed by atoms with Crippen molar-refractivity contribution in [3.05, 3.63) is 69.2 Å². The second-order valence-electron chi connectivity index (χ2n) is 5.56. The van der Waals surface area contributed by atoms with E-state index in [4.69, 9.17) is 17.3 Å². The largest absolute Gasteiger partial charge is 0.322 e. The minimum Gasteiger partial charge on any atom is -0.322 e. The highest BCUT2D eigenvalue weighted by atomic mass is 35.5. The van der Waals surface area contributed by atoms with Gasteiger partial charge in [0.1, 0.15) is 5.82 Å². The molecular formula is C18H18ClN3O. The first-order valence-electron chi connectivity index (χ1n) is 7.59. The number of nitrogens with zero attached hydrogens (tertiary/aromatic N) is 2. The summed E-state index contributed by atoms with van der Waals surface area (Å²) in [5.41, 5.74) is 8.34. The third kappa shape index (κ3) is 2.76. The summed E-state index contributed by atoms with van der Waals surface area (Å²) >= 11 is 6.23. The molecule has 0 bridgehead atoms. The molecule has 1 atom stereocenters. The van der Waals surface area contributed by atoms with Crippen molar-refractivity contribution in [2.45, 2.75) is 26.3 Å². The van der Waals surface area contributed by atoms with E-state index in [1.807, 2.05) is 31.2 Å². The molecule has 1 heterocycles. The van der Waals surface area contributed by atoms with E-state index in [1.165, 1.54) is 0 Å². The van der Waals surface area contributed by atoms with Gasteiger partial charge in [0, 0.05) is 0 Å². The molecule has 118 valence electrons. The highest BCUT2D eigenvalue weighted by molar-refractivity contribution is 6.35. The van der Waals surface area contributed by atoms with Crippen molar-refractivity contribution >= 4 is 22.5 Å². The van der Waals surface area contributed by atoms with Crippen LogP contribution in [0.3, 0.4) is 0 Å². The van der Waals surface area contributed by atoms with Crippen LogP contribution in [0.1, 0.15) is 31.3 Å². The Morgan fingerprint density at radius 3 is 2.70 bits per heavy atom. The standard InChI is InChI=1S/C18H18ClN3O/c1-3-12-6-4-7-13(10-12)22-17(11(2)20)21-15-9-5-8-14(19)16(15)18(22)23/h4-11H,3,20H2,1-2H3/t11-/m0/s1. The van der Waals surface area contributed by atoms with Gasteiger partial charge in [-0.1, -0.05) is 36.7 Å². The average molecular weight is 328 g/mol. The predicted octanol–water partition coefficient (Wildman–Crippen LogP) is 3.62. The molecule has 0 aliphatic carbocycles. The van der Waals surface area contributed by atoms with E-state index >= 15 is 0 Å². The van der Waals surface area contributed by atoms with Gasteiger partial charge in [0.15, 0.2) is 0 Å². The lowest BCUT2D eigenvalue weighted by molar-refractivity contribution is 0.696. The van der Waals surface area contributed by atoms with Crippen LogP contribution in [0.4, 0.5) is 0 Å². The lowest BCUT2D eigenvalue weighted by atomic mass is 10.1. The van der Waals surface area contributed by atoms with E-state index in [1.54, 1.807) is 22.8 Å². The van der Waals surface area contributed by atoms with Crippen molar-refractivity contribution in [3.8, 4) is 5.69 Å². The quantitative estimate of drug-likeness (QED) is 0.799. The molecule has 0 aliphatic rings. The van der Waals surface area contributed by atoms with Gasteiger partial charge in [-0.05, 0) is 43.2 Å². The van der Waals surface area contributed by atoms with Gasteiger partial charge in [-0.15, -0.1) is 0 Å². The molecule has 0 fully saturated rings. The maximum absolute atomic E-state index is 13.1. The number of hydrogen-bond acceptors (Lipinski definition) is 3. The molecule has 4 nitrogen and oxygen atoms in total. The van der Waals surface area contributed by atoms with Crippen molar-refractivity contribution in [2.24, 2.45) is 5.73 Å². The van der Waals surface area contributed by atoms with Gasteiger partial charge in [0.05, 0.1) is 27.7 Å². The molecule has 0 saturated heterocycles. The third-order valence-electron chi connectivity index (χ3n) is 3.86. The summed E-state index contributed by atoms with van der Waals surface area (Å²) in [6.07, 6.45) is 0.887. The number of benzene rings is 2. The molecule has 0 saturated carbocycles. The first kappa shape index (κ1) is 15.7. The number of fused-ring (bicyclic) bond motifs is 1. The Kier molecular flexibility index (Phi) is 4.20. The van der Waals surface area contributed by atoms with Crippen LogP contribution in [-0.4, -0.2) is 9.55 Å². The third-order valence-corrected chi connectivity index (χ3v) is 4.17. The van der Waals surface area contributed by atoms with E-state index in [2.05, 4.69) is 11.9 Å². The lowest BCUT2D eigenvalue weighted by Crippen LogP contribution is -2.27. The molecule has 1 aromatic heterocycles. The number of hydrogen-bond donors (Lipinski definition) is 1. The Bertz CT molecular complexity index is 931. The van der Waals surface area contributed by atoms with Crippen LogP contribution in [0.2, 0.25) is 5.02 Å². The number of aryl methyl sites for hydroxylation is 1. The second-order valence-corrected chi connectivity index (χ2v) is 5.96. The zero-order valence-electron chi connectivity index (χ0n) is 13.1. The second kappa shape index (κ2) is 6.14. The van der Waals surface area contributed by atoms with Crippen molar-refractivity contribution in [2.75, 3.05) is 0 Å². The van der Waals surface area contributed by atoms with Gasteiger partial charge in [0.2, 0.25) is 0 Å². The fraction of sp³-hybridized carbons (Fsp3) is 0.222. The fourth-order valence-electron chi connectivity index (χ4n) is 2.68. The van der Waals surface area contributed by atoms with Gasteiger partial charge in [-0.25, -0.2) is 4.98 Å². The molecule has 0 radical (unpaired) electrons. The highest BCUT2D eigenvalue weighted by Crippen LogP contribution is 2.22. The van der Waals surface area contributed by atoms with Gasteiger partial charge in [0.25, 0.3) is 5.56 Å². The van der Waals surface area contributed by atoms with Crippen LogP contribution >= 0.6 is 11.6 Å². The molecule has 2 aromatic carbocycles. The van der Waals surface area contributed by atoms with E-state index < -0.39 is 0 Å². The normalized spacial score (nSPS) is 12.5. The average Bonchev–Trinajstić information content (AvgIpc) is 2.54. The summed E-state index contributed by atoms with van der Waals surface area (Å²) in [6, 6.07) is 12.7. The molecule has 0 unspecified atom stereocenters. The van der Waals surface area contributed by atoms with Gasteiger partial charge < -0.3 is 5.73 Å². The SMILES string of the molecule is CCc1cccc(-n2c([C@H](C)N)nc3cccc(Cl)c3c2=O)c1. The number of aromatic nitrogens is 2. The number of nitrogens with two attached hydrogens (primary N) is 1. The first-order valence-corrected chi connectivity index (χ1v) is 7.96. The summed E-state index contributed by atoms with van der Waals surface area (Å²) in [6.45, 7) is 3.89. The van der Waals surface area contributed by atoms with E-state index in [0.717, 1.165) is 17.7 Å². The highest BCUT2D eigenvalue weighted by Gasteiger charge is 2.17. The van der Waals surface area contributed by atoms with Gasteiger partial charge in [-0.3, -0.25) is 9.36 Å². The summed E-state index contributed by atoms with van der Waals surface area (Å²) in [4.78, 5) is 17.6. The first-order chi connectivity index (χ1) is 11.0. The Morgan fingerprint density at radius 1 is 1.26 bits per heavy atom. The number of halogens is 1. The van der Waals surface area contributed by atoms with Gasteiger partial charge in [-0.2, -0.15) is 0 Å². The minimum atomic E-state index is -0.378. The summed E-state index contributed by atoms with van der Waals surface area (Å²) in [5, 5.41) is 0.817. The van der Waals surface area contributed by atoms with Gasteiger partial charge >= 0.3 is 0 Å². The molecule has 3 rings (SSSR count). The van der Waals surface area contributed by atoms with E-state index in [-0.39, 0.29) is 11.6 Å². The van der Waals surface area contributed by atoms with Crippen LogP contribution in [-0.2, 0) is 6.42 Å². The zero-order valence-corrected chi connectivity index (χ0v) is 13.8. The Hall–Kier alpha value is -2.17. The van der Waals surface area contributed by atoms with Crippen LogP contribution in [0.5, 0.6) is 0 Å². The van der Waals surface area contributed by atoms with Crippen LogP contribution < -0.4 is 11.3 Å². The molecule has 0 amide bonds. The molecule has 2 N–H and O–H groups in total. The molecule has 0 spiro atoms. The van der Waals surface area contributed by atoms with Crippen molar-refractivity contribution in [1.82, 2.24) is 9.55 Å². The minimum absolute atomic E-state index is 0.193. The number of rotatable bonds is 3. The summed E-state index contributed by atoms with van der Waals surface area (Å²) in [5.74, 6) is 0.526. The molecular weight excluding hydrogens is 310 g/mol. The molecule has 3 aromatic rings. The van der Waals surface area contributed by atoms with Crippen molar-refractivity contribution in [1.29, 1.82) is 0 Å². The van der Waals surface area contributed by atoms with Crippen molar-refractivity contribution < 1.29 is 0 Å². The monoisotopic (exact) mass is 327 g/mol.